The van der Waals surface area contributed by atoms with Gasteiger partial charge in [0, 0.05) is 12.7 Å². The minimum Gasteiger partial charge on any atom is -0.479 e. The van der Waals surface area contributed by atoms with E-state index >= 15 is 0 Å². The summed E-state index contributed by atoms with van der Waals surface area (Å²) in [7, 11) is 0. The van der Waals surface area contributed by atoms with Gasteiger partial charge in [-0.05, 0) is 17.6 Å². The summed E-state index contributed by atoms with van der Waals surface area (Å²) >= 11 is 0.723. The van der Waals surface area contributed by atoms with Gasteiger partial charge in [-0.25, -0.2) is 9.59 Å². The second-order valence-corrected chi connectivity index (χ2v) is 3.85. The van der Waals surface area contributed by atoms with E-state index in [9.17, 15) is 9.59 Å². The van der Waals surface area contributed by atoms with E-state index in [2.05, 4.69) is 0 Å². The smallest absolute Gasteiger partial charge is 0.349 e. The van der Waals surface area contributed by atoms with Crippen LogP contribution in [-0.2, 0) is 20.2 Å². The third kappa shape index (κ3) is 2.98. The zero-order chi connectivity index (χ0) is 12.9. The van der Waals surface area contributed by atoms with Gasteiger partial charge in [-0.15, -0.1) is 0 Å². The van der Waals surface area contributed by atoms with Crippen LogP contribution in [-0.4, -0.2) is 34.0 Å². The Morgan fingerprint density at radius 1 is 1.24 bits per heavy atom. The molecule has 0 atom stereocenters. The third-order valence-corrected chi connectivity index (χ3v) is 2.66. The molecule has 1 aromatic carbocycles. The van der Waals surface area contributed by atoms with Crippen LogP contribution in [0.15, 0.2) is 30.3 Å². The summed E-state index contributed by atoms with van der Waals surface area (Å²) in [6.45, 7) is 0. The lowest BCUT2D eigenvalue weighted by Crippen LogP contribution is -2.49. The van der Waals surface area contributed by atoms with Crippen molar-refractivity contribution in [1.82, 2.24) is 0 Å². The molecule has 0 amide bonds. The van der Waals surface area contributed by atoms with Crippen molar-refractivity contribution in [1.29, 1.82) is 0 Å². The lowest BCUT2D eigenvalue weighted by Gasteiger charge is -2.23. The van der Waals surface area contributed by atoms with Gasteiger partial charge in [0.25, 0.3) is 5.60 Å². The Labute approximate surface area is 103 Å². The van der Waals surface area contributed by atoms with E-state index in [0.29, 0.717) is 5.56 Å². The van der Waals surface area contributed by atoms with Crippen LogP contribution in [0.1, 0.15) is 5.56 Å². The van der Waals surface area contributed by atoms with Crippen LogP contribution in [0.4, 0.5) is 0 Å². The molecule has 5 nitrogen and oxygen atoms in total. The maximum atomic E-state index is 11.1. The molecule has 92 valence electrons. The van der Waals surface area contributed by atoms with Crippen molar-refractivity contribution in [2.75, 3.05) is 6.26 Å². The molecule has 0 aromatic heterocycles. The summed E-state index contributed by atoms with van der Waals surface area (Å²) in [5.74, 6) is -3.02. The van der Waals surface area contributed by atoms with Gasteiger partial charge < -0.3 is 10.2 Å². The Morgan fingerprint density at radius 2 is 1.76 bits per heavy atom. The van der Waals surface area contributed by atoms with Crippen LogP contribution < -0.4 is 0 Å². The summed E-state index contributed by atoms with van der Waals surface area (Å²) in [6.07, 6.45) is 1.25. The Bertz CT molecular complexity index is 390. The molecule has 2 N–H and O–H groups in total. The predicted octanol–water partition coefficient (Wildman–Crippen LogP) is 1.43. The van der Waals surface area contributed by atoms with Gasteiger partial charge in [-0.3, -0.25) is 4.18 Å². The highest BCUT2D eigenvalue weighted by atomic mass is 32.2. The van der Waals surface area contributed by atoms with Crippen LogP contribution in [0.3, 0.4) is 0 Å². The van der Waals surface area contributed by atoms with E-state index in [1.165, 1.54) is 6.26 Å². The monoisotopic (exact) mass is 256 g/mol. The van der Waals surface area contributed by atoms with Crippen LogP contribution in [0.25, 0.3) is 0 Å². The summed E-state index contributed by atoms with van der Waals surface area (Å²) in [4.78, 5) is 22.3. The molecule has 0 aliphatic rings. The first-order chi connectivity index (χ1) is 8.03. The number of aliphatic carboxylic acids is 2. The molecule has 6 heteroatoms. The van der Waals surface area contributed by atoms with Crippen molar-refractivity contribution in [3.05, 3.63) is 35.9 Å². The molecule has 0 unspecified atom stereocenters. The van der Waals surface area contributed by atoms with Crippen LogP contribution >= 0.6 is 12.0 Å². The lowest BCUT2D eigenvalue weighted by atomic mass is 9.95. The zero-order valence-corrected chi connectivity index (χ0v) is 9.94. The fourth-order valence-corrected chi connectivity index (χ4v) is 1.86. The molecule has 0 fully saturated rings. The molecular formula is C11H12O5S. The van der Waals surface area contributed by atoms with Crippen molar-refractivity contribution in [3.8, 4) is 0 Å². The average Bonchev–Trinajstić information content (AvgIpc) is 2.29. The topological polar surface area (TPSA) is 83.8 Å². The van der Waals surface area contributed by atoms with E-state index < -0.39 is 17.5 Å². The molecule has 17 heavy (non-hydrogen) atoms. The van der Waals surface area contributed by atoms with Gasteiger partial charge >= 0.3 is 11.9 Å². The molecule has 0 saturated carbocycles. The summed E-state index contributed by atoms with van der Waals surface area (Å²) in [5.41, 5.74) is -1.66. The number of carboxylic acid groups (broad SMARTS) is 2. The van der Waals surface area contributed by atoms with Crippen molar-refractivity contribution >= 4 is 24.0 Å². The summed E-state index contributed by atoms with van der Waals surface area (Å²) in [5, 5.41) is 18.1. The first-order valence-electron chi connectivity index (χ1n) is 4.75. The van der Waals surface area contributed by atoms with Gasteiger partial charge in [-0.2, -0.15) is 0 Å². The maximum Gasteiger partial charge on any atom is 0.349 e. The second kappa shape index (κ2) is 5.70. The highest BCUT2D eigenvalue weighted by molar-refractivity contribution is 7.94. The predicted molar refractivity (Wildman–Crippen MR) is 62.7 cm³/mol. The first-order valence-corrected chi connectivity index (χ1v) is 5.90. The number of carboxylic acids is 2. The maximum absolute atomic E-state index is 11.1. The zero-order valence-electron chi connectivity index (χ0n) is 9.12. The molecule has 1 rings (SSSR count). The van der Waals surface area contributed by atoms with Gasteiger partial charge in [0.15, 0.2) is 0 Å². The van der Waals surface area contributed by atoms with E-state index in [-0.39, 0.29) is 6.42 Å². The molecule has 0 bridgehead atoms. The molecule has 0 heterocycles. The molecule has 1 aromatic rings. The Morgan fingerprint density at radius 3 is 2.18 bits per heavy atom. The Balaban J connectivity index is 3.06. The van der Waals surface area contributed by atoms with Crippen LogP contribution in [0.5, 0.6) is 0 Å². The van der Waals surface area contributed by atoms with Gasteiger partial charge in [0.05, 0.1) is 0 Å². The molecule has 0 radical (unpaired) electrons. The normalized spacial score (nSPS) is 11.1. The fraction of sp³-hybridized carbons (Fsp3) is 0.273. The standard InChI is InChI=1S/C11H12O5S/c1-17-16-11(9(12)13,10(14)15)7-8-5-3-2-4-6-8/h2-6H,7H2,1H3,(H,12,13)(H,14,15). The molecule has 0 aliphatic carbocycles. The van der Waals surface area contributed by atoms with Gasteiger partial charge in [-0.1, -0.05) is 30.3 Å². The Kier molecular flexibility index (Phi) is 4.53. The fourth-order valence-electron chi connectivity index (χ4n) is 1.37. The van der Waals surface area contributed by atoms with Crippen molar-refractivity contribution in [2.45, 2.75) is 12.0 Å². The number of carbonyl (C=O) groups is 2. The largest absolute Gasteiger partial charge is 0.479 e. The summed E-state index contributed by atoms with van der Waals surface area (Å²) < 4.78 is 4.87. The minimum atomic E-state index is -2.25. The van der Waals surface area contributed by atoms with E-state index in [4.69, 9.17) is 14.4 Å². The number of hydrogen-bond acceptors (Lipinski definition) is 4. The van der Waals surface area contributed by atoms with E-state index in [1.807, 2.05) is 0 Å². The molecule has 0 spiro atoms. The van der Waals surface area contributed by atoms with Crippen molar-refractivity contribution in [2.24, 2.45) is 0 Å². The second-order valence-electron chi connectivity index (χ2n) is 3.35. The van der Waals surface area contributed by atoms with Gasteiger partial charge in [0.2, 0.25) is 0 Å². The number of benzene rings is 1. The van der Waals surface area contributed by atoms with Gasteiger partial charge in [0.1, 0.15) is 0 Å². The van der Waals surface area contributed by atoms with Crippen molar-refractivity contribution in [3.63, 3.8) is 0 Å². The highest BCUT2D eigenvalue weighted by Crippen LogP contribution is 2.23. The Hall–Kier alpha value is -1.53. The average molecular weight is 256 g/mol. The molecule has 0 saturated heterocycles. The highest BCUT2D eigenvalue weighted by Gasteiger charge is 2.48. The molecule has 0 aliphatic heterocycles. The minimum absolute atomic E-state index is 0.223. The summed E-state index contributed by atoms with van der Waals surface area (Å²) in [6, 6.07) is 8.50. The molecular weight excluding hydrogens is 244 g/mol. The number of rotatable bonds is 6. The quantitative estimate of drug-likeness (QED) is 0.591. The van der Waals surface area contributed by atoms with Crippen LogP contribution in [0, 0.1) is 0 Å². The van der Waals surface area contributed by atoms with Crippen molar-refractivity contribution < 1.29 is 24.0 Å². The van der Waals surface area contributed by atoms with E-state index in [1.54, 1.807) is 30.3 Å². The SMILES string of the molecule is CSOC(Cc1ccccc1)(C(=O)O)C(=O)O. The van der Waals surface area contributed by atoms with Crippen LogP contribution in [0.2, 0.25) is 0 Å². The third-order valence-electron chi connectivity index (χ3n) is 2.21. The lowest BCUT2D eigenvalue weighted by molar-refractivity contribution is -0.170. The number of hydrogen-bond donors (Lipinski definition) is 2. The van der Waals surface area contributed by atoms with E-state index in [0.717, 1.165) is 12.0 Å². The first kappa shape index (κ1) is 13.5.